The van der Waals surface area contributed by atoms with Crippen LogP contribution < -0.4 is 4.74 Å². The molecule has 0 aliphatic rings. The summed E-state index contributed by atoms with van der Waals surface area (Å²) in [6, 6.07) is 4.36. The van der Waals surface area contributed by atoms with E-state index in [-0.39, 0.29) is 0 Å². The Bertz CT molecular complexity index is 965. The minimum absolute atomic E-state index is 0.498. The van der Waals surface area contributed by atoms with Crippen LogP contribution in [0.15, 0.2) is 34.9 Å². The number of hydrogen-bond donors (Lipinski definition) is 0. The Balaban J connectivity index is 1.77. The van der Waals surface area contributed by atoms with Crippen LogP contribution in [-0.2, 0) is 6.42 Å². The van der Waals surface area contributed by atoms with E-state index in [9.17, 15) is 0 Å². The first-order valence-electron chi connectivity index (χ1n) is 9.15. The maximum atomic E-state index is 5.06. The highest BCUT2D eigenvalue weighted by atomic mass is 32.1. The highest BCUT2D eigenvalue weighted by Crippen LogP contribution is 2.27. The van der Waals surface area contributed by atoms with E-state index >= 15 is 0 Å². The number of ether oxygens (including phenoxy) is 1. The molecule has 0 aliphatic heterocycles. The van der Waals surface area contributed by atoms with Crippen molar-refractivity contribution in [3.63, 3.8) is 0 Å². The van der Waals surface area contributed by atoms with Crippen molar-refractivity contribution in [2.24, 2.45) is 4.99 Å². The molecule has 3 aromatic rings. The number of benzene rings is 1. The summed E-state index contributed by atoms with van der Waals surface area (Å²) in [5.41, 5.74) is 6.25. The van der Waals surface area contributed by atoms with E-state index in [1.165, 1.54) is 16.7 Å². The minimum atomic E-state index is 0.498. The van der Waals surface area contributed by atoms with Gasteiger partial charge in [-0.25, -0.2) is 19.9 Å². The lowest BCUT2D eigenvalue weighted by atomic mass is 10.0. The smallest absolute Gasteiger partial charge is 0.232 e. The molecule has 2 aromatic heterocycles. The van der Waals surface area contributed by atoms with Crippen molar-refractivity contribution in [3.8, 4) is 17.3 Å². The number of nitrogens with zero attached hydrogens (tertiary/aromatic N) is 5. The number of thiazole rings is 1. The summed E-state index contributed by atoms with van der Waals surface area (Å²) in [6.07, 6.45) is 5.97. The molecule has 0 atom stereocenters. The standard InChI is InChI=1S/C21H25N5OS/c1-6-26(4)13-24-17-8-14(2)16(7-15(17)3)9-21-25-19(12-28-21)18-10-23-20(27-5)11-22-18/h7-8,10-13H,6,9H2,1-5H3. The van der Waals surface area contributed by atoms with Gasteiger partial charge in [-0.2, -0.15) is 0 Å². The van der Waals surface area contributed by atoms with Crippen molar-refractivity contribution >= 4 is 23.4 Å². The lowest BCUT2D eigenvalue weighted by Crippen LogP contribution is -2.14. The van der Waals surface area contributed by atoms with Crippen LogP contribution in [0.5, 0.6) is 5.88 Å². The van der Waals surface area contributed by atoms with Gasteiger partial charge in [0.2, 0.25) is 5.88 Å². The Kier molecular flexibility index (Phi) is 6.36. The molecule has 2 heterocycles. The topological polar surface area (TPSA) is 63.5 Å². The summed E-state index contributed by atoms with van der Waals surface area (Å²) in [4.78, 5) is 20.0. The molecule has 0 radical (unpaired) electrons. The van der Waals surface area contributed by atoms with Gasteiger partial charge in [0, 0.05) is 25.4 Å². The number of methoxy groups -OCH3 is 1. The molecule has 1 aromatic carbocycles. The van der Waals surface area contributed by atoms with Crippen molar-refractivity contribution in [1.29, 1.82) is 0 Å². The molecule has 0 spiro atoms. The SMILES string of the molecule is CCN(C)C=Nc1cc(C)c(Cc2nc(-c3cnc(OC)cn3)cs2)cc1C. The molecule has 0 saturated carbocycles. The Morgan fingerprint density at radius 2 is 1.96 bits per heavy atom. The van der Waals surface area contributed by atoms with Gasteiger partial charge in [-0.1, -0.05) is 6.07 Å². The van der Waals surface area contributed by atoms with Crippen LogP contribution in [-0.4, -0.2) is 46.9 Å². The fraction of sp³-hybridized carbons (Fsp3) is 0.333. The summed E-state index contributed by atoms with van der Waals surface area (Å²) in [7, 11) is 3.60. The van der Waals surface area contributed by atoms with E-state index in [0.717, 1.165) is 35.0 Å². The van der Waals surface area contributed by atoms with Gasteiger partial charge in [0.25, 0.3) is 0 Å². The number of aromatic nitrogens is 3. The molecule has 0 amide bonds. The van der Waals surface area contributed by atoms with Crippen LogP contribution in [0.1, 0.15) is 28.6 Å². The monoisotopic (exact) mass is 395 g/mol. The van der Waals surface area contributed by atoms with Crippen LogP contribution in [0.2, 0.25) is 0 Å². The lowest BCUT2D eigenvalue weighted by Gasteiger charge is -2.11. The number of hydrogen-bond acceptors (Lipinski definition) is 6. The van der Waals surface area contributed by atoms with E-state index in [0.29, 0.717) is 5.88 Å². The van der Waals surface area contributed by atoms with Crippen molar-refractivity contribution < 1.29 is 4.74 Å². The summed E-state index contributed by atoms with van der Waals surface area (Å²) < 4.78 is 5.06. The third kappa shape index (κ3) is 4.72. The molecule has 3 rings (SSSR count). The summed E-state index contributed by atoms with van der Waals surface area (Å²) in [6.45, 7) is 7.26. The minimum Gasteiger partial charge on any atom is -0.480 e. The van der Waals surface area contributed by atoms with Gasteiger partial charge in [0.05, 0.1) is 36.5 Å². The average molecular weight is 396 g/mol. The first-order valence-corrected chi connectivity index (χ1v) is 10.0. The number of rotatable bonds is 7. The van der Waals surface area contributed by atoms with Gasteiger partial charge in [-0.05, 0) is 43.5 Å². The fourth-order valence-electron chi connectivity index (χ4n) is 2.66. The van der Waals surface area contributed by atoms with Gasteiger partial charge < -0.3 is 9.64 Å². The Morgan fingerprint density at radius 1 is 1.14 bits per heavy atom. The molecule has 146 valence electrons. The predicted octanol–water partition coefficient (Wildman–Crippen LogP) is 4.43. The summed E-state index contributed by atoms with van der Waals surface area (Å²) >= 11 is 1.64. The summed E-state index contributed by atoms with van der Waals surface area (Å²) in [5, 5.41) is 3.07. The Hall–Kier alpha value is -2.80. The molecule has 0 fully saturated rings. The molecule has 0 aliphatic carbocycles. The highest BCUT2D eigenvalue weighted by molar-refractivity contribution is 7.10. The van der Waals surface area contributed by atoms with Gasteiger partial charge >= 0.3 is 0 Å². The van der Waals surface area contributed by atoms with Gasteiger partial charge in [0.1, 0.15) is 11.4 Å². The highest BCUT2D eigenvalue weighted by Gasteiger charge is 2.10. The van der Waals surface area contributed by atoms with Crippen molar-refractivity contribution in [2.45, 2.75) is 27.2 Å². The quantitative estimate of drug-likeness (QED) is 0.437. The van der Waals surface area contributed by atoms with Gasteiger partial charge in [0.15, 0.2) is 0 Å². The molecule has 0 unspecified atom stereocenters. The average Bonchev–Trinajstić information content (AvgIpc) is 3.17. The maximum Gasteiger partial charge on any atom is 0.232 e. The maximum absolute atomic E-state index is 5.06. The zero-order valence-corrected chi connectivity index (χ0v) is 17.7. The van der Waals surface area contributed by atoms with Crippen LogP contribution in [0.3, 0.4) is 0 Å². The molecule has 0 N–H and O–H groups in total. The van der Waals surface area contributed by atoms with Crippen molar-refractivity contribution in [3.05, 3.63) is 51.6 Å². The van der Waals surface area contributed by atoms with Gasteiger partial charge in [-0.15, -0.1) is 11.3 Å². The third-order valence-corrected chi connectivity index (χ3v) is 5.39. The van der Waals surface area contributed by atoms with E-state index in [1.807, 2.05) is 18.8 Å². The first kappa shape index (κ1) is 19.9. The van der Waals surface area contributed by atoms with E-state index in [1.54, 1.807) is 30.8 Å². The van der Waals surface area contributed by atoms with E-state index in [4.69, 9.17) is 9.72 Å². The second kappa shape index (κ2) is 8.93. The molecule has 28 heavy (non-hydrogen) atoms. The molecule has 0 bridgehead atoms. The van der Waals surface area contributed by atoms with Crippen LogP contribution in [0.25, 0.3) is 11.4 Å². The van der Waals surface area contributed by atoms with Crippen molar-refractivity contribution in [2.75, 3.05) is 20.7 Å². The molecule has 7 heteroatoms. The first-order chi connectivity index (χ1) is 13.5. The Morgan fingerprint density at radius 3 is 2.64 bits per heavy atom. The van der Waals surface area contributed by atoms with Crippen LogP contribution in [0, 0.1) is 13.8 Å². The predicted molar refractivity (Wildman–Crippen MR) is 115 cm³/mol. The zero-order valence-electron chi connectivity index (χ0n) is 16.9. The second-order valence-electron chi connectivity index (χ2n) is 6.63. The fourth-order valence-corrected chi connectivity index (χ4v) is 3.47. The number of aliphatic imine (C=N–C) groups is 1. The van der Waals surface area contributed by atoms with Gasteiger partial charge in [-0.3, -0.25) is 0 Å². The number of aryl methyl sites for hydroxylation is 2. The molecular weight excluding hydrogens is 370 g/mol. The van der Waals surface area contributed by atoms with E-state index < -0.39 is 0 Å². The Labute approximate surface area is 170 Å². The van der Waals surface area contributed by atoms with E-state index in [2.05, 4.69) is 52.8 Å². The lowest BCUT2D eigenvalue weighted by molar-refractivity contribution is 0.396. The third-order valence-electron chi connectivity index (χ3n) is 4.54. The zero-order chi connectivity index (χ0) is 20.1. The van der Waals surface area contributed by atoms with Crippen LogP contribution in [0.4, 0.5) is 5.69 Å². The second-order valence-corrected chi connectivity index (χ2v) is 7.57. The largest absolute Gasteiger partial charge is 0.480 e. The molecule has 0 saturated heterocycles. The molecular formula is C21H25N5OS. The van der Waals surface area contributed by atoms with Crippen LogP contribution >= 0.6 is 11.3 Å². The summed E-state index contributed by atoms with van der Waals surface area (Å²) in [5.74, 6) is 0.498. The normalized spacial score (nSPS) is 11.2. The molecule has 6 nitrogen and oxygen atoms in total. The van der Waals surface area contributed by atoms with Crippen molar-refractivity contribution in [1.82, 2.24) is 19.9 Å².